The van der Waals surface area contributed by atoms with Crippen LogP contribution in [0.25, 0.3) is 0 Å². The molecule has 3 heteroatoms. The Labute approximate surface area is 128 Å². The monoisotopic (exact) mass is 287 g/mol. The van der Waals surface area contributed by atoms with Crippen LogP contribution in [-0.4, -0.2) is 31.1 Å². The Morgan fingerprint density at radius 3 is 2.67 bits per heavy atom. The van der Waals surface area contributed by atoms with E-state index in [0.29, 0.717) is 6.04 Å². The third kappa shape index (κ3) is 3.65. The van der Waals surface area contributed by atoms with E-state index >= 15 is 0 Å². The van der Waals surface area contributed by atoms with Crippen LogP contribution in [0.3, 0.4) is 0 Å². The van der Waals surface area contributed by atoms with Gasteiger partial charge in [-0.25, -0.2) is 0 Å². The molecule has 2 aliphatic rings. The van der Waals surface area contributed by atoms with E-state index in [0.717, 1.165) is 18.9 Å². The lowest BCUT2D eigenvalue weighted by atomic mass is 9.99. The second-order valence-corrected chi connectivity index (χ2v) is 6.86. The third-order valence-electron chi connectivity index (χ3n) is 5.18. The van der Waals surface area contributed by atoms with Gasteiger partial charge in [-0.05, 0) is 68.9 Å². The fourth-order valence-electron chi connectivity index (χ4n) is 3.73. The van der Waals surface area contributed by atoms with Crippen LogP contribution < -0.4 is 11.1 Å². The van der Waals surface area contributed by atoms with Gasteiger partial charge in [0.1, 0.15) is 0 Å². The van der Waals surface area contributed by atoms with E-state index in [2.05, 4.69) is 41.4 Å². The van der Waals surface area contributed by atoms with Crippen molar-refractivity contribution in [2.45, 2.75) is 44.7 Å². The molecule has 1 aliphatic carbocycles. The summed E-state index contributed by atoms with van der Waals surface area (Å²) in [4.78, 5) is 2.62. The molecule has 2 unspecified atom stereocenters. The van der Waals surface area contributed by atoms with Gasteiger partial charge in [0.2, 0.25) is 0 Å². The van der Waals surface area contributed by atoms with Crippen molar-refractivity contribution in [3.05, 3.63) is 35.4 Å². The summed E-state index contributed by atoms with van der Waals surface area (Å²) in [6, 6.07) is 9.29. The van der Waals surface area contributed by atoms with Crippen LogP contribution >= 0.6 is 0 Å². The predicted molar refractivity (Wildman–Crippen MR) is 88.2 cm³/mol. The molecule has 1 fully saturated rings. The molecule has 1 heterocycles. The Morgan fingerprint density at radius 2 is 1.90 bits per heavy atom. The Bertz CT molecular complexity index is 452. The molecule has 0 radical (unpaired) electrons. The molecule has 1 aromatic carbocycles. The highest BCUT2D eigenvalue weighted by atomic mass is 15.1. The van der Waals surface area contributed by atoms with Crippen molar-refractivity contribution >= 4 is 0 Å². The number of fused-ring (bicyclic) bond motifs is 1. The number of nitrogens with two attached hydrogens (primary N) is 1. The highest BCUT2D eigenvalue weighted by Gasteiger charge is 2.27. The number of rotatable bonds is 5. The summed E-state index contributed by atoms with van der Waals surface area (Å²) in [5.74, 6) is 0.927. The van der Waals surface area contributed by atoms with E-state index in [-0.39, 0.29) is 6.04 Å². The average molecular weight is 287 g/mol. The summed E-state index contributed by atoms with van der Waals surface area (Å²) in [5, 5.41) is 3.71. The summed E-state index contributed by atoms with van der Waals surface area (Å²) in [6.07, 6.45) is 5.03. The average Bonchev–Trinajstić information content (AvgIpc) is 2.83. The van der Waals surface area contributed by atoms with E-state index in [9.17, 15) is 0 Å². The minimum Gasteiger partial charge on any atom is -0.324 e. The molecule has 0 aromatic heterocycles. The maximum absolute atomic E-state index is 6.22. The molecule has 0 amide bonds. The van der Waals surface area contributed by atoms with Crippen LogP contribution in [0.2, 0.25) is 0 Å². The number of likely N-dealkylation sites (tertiary alicyclic amines) is 1. The molecule has 3 rings (SSSR count). The topological polar surface area (TPSA) is 41.3 Å². The molecule has 1 aliphatic heterocycles. The lowest BCUT2D eigenvalue weighted by molar-refractivity contribution is 0.189. The SMILES string of the molecule is CC1CCN(CCCNC2CC(N)c3ccccc32)CC1. The van der Waals surface area contributed by atoms with Crippen molar-refractivity contribution in [1.82, 2.24) is 10.2 Å². The van der Waals surface area contributed by atoms with Crippen molar-refractivity contribution in [3.63, 3.8) is 0 Å². The molecule has 21 heavy (non-hydrogen) atoms. The Balaban J connectivity index is 1.40. The fourth-order valence-corrected chi connectivity index (χ4v) is 3.73. The molecule has 116 valence electrons. The Hall–Kier alpha value is -0.900. The van der Waals surface area contributed by atoms with Crippen molar-refractivity contribution in [2.24, 2.45) is 11.7 Å². The largest absolute Gasteiger partial charge is 0.324 e. The molecule has 3 N–H and O–H groups in total. The second kappa shape index (κ2) is 6.91. The van der Waals surface area contributed by atoms with Crippen molar-refractivity contribution in [3.8, 4) is 0 Å². The highest BCUT2D eigenvalue weighted by Crippen LogP contribution is 2.36. The quantitative estimate of drug-likeness (QED) is 0.818. The summed E-state index contributed by atoms with van der Waals surface area (Å²) < 4.78 is 0. The molecule has 0 bridgehead atoms. The first-order valence-corrected chi connectivity index (χ1v) is 8.54. The number of hydrogen-bond acceptors (Lipinski definition) is 3. The van der Waals surface area contributed by atoms with Gasteiger partial charge in [0.05, 0.1) is 0 Å². The molecular formula is C18H29N3. The Kier molecular flexibility index (Phi) is 4.94. The molecular weight excluding hydrogens is 258 g/mol. The van der Waals surface area contributed by atoms with Gasteiger partial charge in [-0.15, -0.1) is 0 Å². The van der Waals surface area contributed by atoms with E-state index < -0.39 is 0 Å². The van der Waals surface area contributed by atoms with Crippen molar-refractivity contribution in [1.29, 1.82) is 0 Å². The van der Waals surface area contributed by atoms with Gasteiger partial charge >= 0.3 is 0 Å². The van der Waals surface area contributed by atoms with Gasteiger partial charge in [-0.2, -0.15) is 0 Å². The number of benzene rings is 1. The predicted octanol–water partition coefficient (Wildman–Crippen LogP) is 2.84. The van der Waals surface area contributed by atoms with E-state index in [1.807, 2.05) is 0 Å². The number of nitrogens with zero attached hydrogens (tertiary/aromatic N) is 1. The van der Waals surface area contributed by atoms with E-state index in [4.69, 9.17) is 5.73 Å². The first-order chi connectivity index (χ1) is 10.2. The smallest absolute Gasteiger partial charge is 0.0341 e. The zero-order valence-electron chi connectivity index (χ0n) is 13.2. The van der Waals surface area contributed by atoms with Crippen molar-refractivity contribution < 1.29 is 0 Å². The highest BCUT2D eigenvalue weighted by molar-refractivity contribution is 5.37. The zero-order valence-corrected chi connectivity index (χ0v) is 13.2. The van der Waals surface area contributed by atoms with Gasteiger partial charge in [0.25, 0.3) is 0 Å². The van der Waals surface area contributed by atoms with Crippen LogP contribution in [0.5, 0.6) is 0 Å². The lowest BCUT2D eigenvalue weighted by Crippen LogP contribution is -2.35. The number of nitrogens with one attached hydrogen (secondary N) is 1. The van der Waals surface area contributed by atoms with Crippen molar-refractivity contribution in [2.75, 3.05) is 26.2 Å². The maximum Gasteiger partial charge on any atom is 0.0341 e. The summed E-state index contributed by atoms with van der Waals surface area (Å²) in [5.41, 5.74) is 8.97. The van der Waals surface area contributed by atoms with Crippen LogP contribution in [-0.2, 0) is 0 Å². The minimum absolute atomic E-state index is 0.210. The normalized spacial score (nSPS) is 27.0. The molecule has 3 nitrogen and oxygen atoms in total. The minimum atomic E-state index is 0.210. The van der Waals surface area contributed by atoms with E-state index in [1.54, 1.807) is 0 Å². The van der Waals surface area contributed by atoms with Gasteiger partial charge in [0, 0.05) is 12.1 Å². The molecule has 0 spiro atoms. The second-order valence-electron chi connectivity index (χ2n) is 6.86. The van der Waals surface area contributed by atoms with Gasteiger partial charge in [-0.3, -0.25) is 0 Å². The van der Waals surface area contributed by atoms with Crippen LogP contribution in [0.1, 0.15) is 55.8 Å². The molecule has 2 atom stereocenters. The first-order valence-electron chi connectivity index (χ1n) is 8.54. The van der Waals surface area contributed by atoms with Crippen LogP contribution in [0.4, 0.5) is 0 Å². The van der Waals surface area contributed by atoms with Gasteiger partial charge in [-0.1, -0.05) is 31.2 Å². The molecule has 1 saturated heterocycles. The zero-order chi connectivity index (χ0) is 14.7. The standard InChI is InChI=1S/C18H29N3/c1-14-7-11-21(12-8-14)10-4-9-20-18-13-17(19)15-5-2-3-6-16(15)18/h2-3,5-6,14,17-18,20H,4,7-13,19H2,1H3. The summed E-state index contributed by atoms with van der Waals surface area (Å²) in [7, 11) is 0. The summed E-state index contributed by atoms with van der Waals surface area (Å²) in [6.45, 7) is 7.29. The van der Waals surface area contributed by atoms with E-state index in [1.165, 1.54) is 50.0 Å². The summed E-state index contributed by atoms with van der Waals surface area (Å²) >= 11 is 0. The van der Waals surface area contributed by atoms with Crippen LogP contribution in [0.15, 0.2) is 24.3 Å². The maximum atomic E-state index is 6.22. The Morgan fingerprint density at radius 1 is 1.19 bits per heavy atom. The first kappa shape index (κ1) is 15.0. The number of piperidine rings is 1. The van der Waals surface area contributed by atoms with Crippen LogP contribution in [0, 0.1) is 5.92 Å². The third-order valence-corrected chi connectivity index (χ3v) is 5.18. The molecule has 0 saturated carbocycles. The molecule has 1 aromatic rings. The lowest BCUT2D eigenvalue weighted by Gasteiger charge is -2.30. The fraction of sp³-hybridized carbons (Fsp3) is 0.667. The van der Waals surface area contributed by atoms with Gasteiger partial charge in [0.15, 0.2) is 0 Å². The number of hydrogen-bond donors (Lipinski definition) is 2. The van der Waals surface area contributed by atoms with Gasteiger partial charge < -0.3 is 16.0 Å².